The number of unbranched alkanes of at least 4 members (excludes halogenated alkanes) is 2. The van der Waals surface area contributed by atoms with E-state index in [2.05, 4.69) is 23.4 Å². The first-order valence-corrected chi connectivity index (χ1v) is 12.3. The molecule has 0 aliphatic heterocycles. The number of hydrogen-bond acceptors (Lipinski definition) is 6. The summed E-state index contributed by atoms with van der Waals surface area (Å²) in [6.07, 6.45) is 2.29. The first-order valence-electron chi connectivity index (χ1n) is 10.6. The van der Waals surface area contributed by atoms with Crippen LogP contribution in [0.5, 0.6) is 5.75 Å². The van der Waals surface area contributed by atoms with Gasteiger partial charge in [-0.05, 0) is 56.5 Å². The van der Waals surface area contributed by atoms with Gasteiger partial charge in [0, 0.05) is 18.2 Å². The Labute approximate surface area is 184 Å². The molecular weight excluding hydrogens is 412 g/mol. The van der Waals surface area contributed by atoms with Crippen molar-refractivity contribution >= 4 is 26.7 Å². The Morgan fingerprint density at radius 1 is 1.06 bits per heavy atom. The van der Waals surface area contributed by atoms with E-state index in [1.165, 1.54) is 0 Å². The molecule has 31 heavy (non-hydrogen) atoms. The quantitative estimate of drug-likeness (QED) is 0.491. The fraction of sp³-hybridized carbons (Fsp3) is 0.478. The number of benzene rings is 1. The number of fused-ring (bicyclic) bond motifs is 1. The lowest BCUT2D eigenvalue weighted by Gasteiger charge is -2.13. The monoisotopic (exact) mass is 444 g/mol. The van der Waals surface area contributed by atoms with Gasteiger partial charge in [-0.1, -0.05) is 20.3 Å². The molecule has 0 atom stereocenters. The second-order valence-corrected chi connectivity index (χ2v) is 10.3. The standard InChI is InChI=1S/C23H32N4O3S/c1-15(2)23-26-20-21(16(3)17(4)25-22(20)24)27(23)13-7-6-8-14-31(28,29)19-11-9-18(30-5)10-12-19/h9-12,15H,6-8,13-14H2,1-5H3,(H2,24,25). The Bertz CT molecular complexity index is 1170. The predicted molar refractivity (Wildman–Crippen MR) is 124 cm³/mol. The van der Waals surface area contributed by atoms with Crippen LogP contribution < -0.4 is 10.5 Å². The number of nitrogen functional groups attached to an aromatic ring is 1. The Balaban J connectivity index is 1.68. The molecule has 0 radical (unpaired) electrons. The van der Waals surface area contributed by atoms with E-state index in [0.717, 1.165) is 47.5 Å². The summed E-state index contributed by atoms with van der Waals surface area (Å²) in [5.41, 5.74) is 9.94. The number of nitrogens with two attached hydrogens (primary N) is 1. The number of methoxy groups -OCH3 is 1. The van der Waals surface area contributed by atoms with Gasteiger partial charge in [0.2, 0.25) is 0 Å². The number of aromatic nitrogens is 3. The summed E-state index contributed by atoms with van der Waals surface area (Å²) in [6, 6.07) is 6.55. The number of imidazole rings is 1. The number of ether oxygens (including phenoxy) is 1. The third-order valence-corrected chi connectivity index (χ3v) is 7.47. The Morgan fingerprint density at radius 3 is 2.35 bits per heavy atom. The zero-order valence-electron chi connectivity index (χ0n) is 19.0. The van der Waals surface area contributed by atoms with Crippen molar-refractivity contribution in [2.45, 2.75) is 64.3 Å². The highest BCUT2D eigenvalue weighted by Gasteiger charge is 2.19. The highest BCUT2D eigenvalue weighted by atomic mass is 32.2. The molecule has 2 aromatic heterocycles. The minimum Gasteiger partial charge on any atom is -0.497 e. The summed E-state index contributed by atoms with van der Waals surface area (Å²) in [5.74, 6) is 2.49. The van der Waals surface area contributed by atoms with Gasteiger partial charge in [0.15, 0.2) is 15.7 Å². The molecule has 0 saturated carbocycles. The van der Waals surface area contributed by atoms with Gasteiger partial charge in [-0.3, -0.25) is 0 Å². The molecule has 2 heterocycles. The number of rotatable bonds is 9. The van der Waals surface area contributed by atoms with Crippen LogP contribution in [0, 0.1) is 13.8 Å². The fourth-order valence-corrected chi connectivity index (χ4v) is 5.20. The molecule has 0 fully saturated rings. The number of hydrogen-bond donors (Lipinski definition) is 1. The molecule has 168 valence electrons. The zero-order chi connectivity index (χ0) is 22.8. The predicted octanol–water partition coefficient (Wildman–Crippen LogP) is 4.41. The molecule has 8 heteroatoms. The van der Waals surface area contributed by atoms with E-state index < -0.39 is 9.84 Å². The summed E-state index contributed by atoms with van der Waals surface area (Å²) in [4.78, 5) is 9.53. The second-order valence-electron chi connectivity index (χ2n) is 8.24. The van der Waals surface area contributed by atoms with E-state index in [4.69, 9.17) is 15.5 Å². The topological polar surface area (TPSA) is 100 Å². The van der Waals surface area contributed by atoms with Gasteiger partial charge in [0.25, 0.3) is 0 Å². The van der Waals surface area contributed by atoms with Crippen molar-refractivity contribution in [2.75, 3.05) is 18.6 Å². The zero-order valence-corrected chi connectivity index (χ0v) is 19.8. The molecule has 0 aliphatic rings. The number of sulfone groups is 1. The molecule has 0 aliphatic carbocycles. The van der Waals surface area contributed by atoms with Crippen LogP contribution in [0.4, 0.5) is 5.82 Å². The van der Waals surface area contributed by atoms with Crippen molar-refractivity contribution in [1.29, 1.82) is 0 Å². The van der Waals surface area contributed by atoms with Gasteiger partial charge in [-0.25, -0.2) is 18.4 Å². The SMILES string of the molecule is COc1ccc(S(=O)(=O)CCCCCn2c(C(C)C)nc3c(N)nc(C)c(C)c32)cc1. The number of nitrogens with zero attached hydrogens (tertiary/aromatic N) is 3. The normalized spacial score (nSPS) is 12.1. The molecule has 3 rings (SSSR count). The molecule has 0 unspecified atom stereocenters. The van der Waals surface area contributed by atoms with Crippen molar-refractivity contribution in [3.63, 3.8) is 0 Å². The summed E-state index contributed by atoms with van der Waals surface area (Å²) < 4.78 is 32.5. The molecule has 0 spiro atoms. The average molecular weight is 445 g/mol. The highest BCUT2D eigenvalue weighted by molar-refractivity contribution is 7.91. The Kier molecular flexibility index (Phi) is 6.89. The van der Waals surface area contributed by atoms with Crippen LogP contribution in [0.1, 0.15) is 56.1 Å². The van der Waals surface area contributed by atoms with Crippen molar-refractivity contribution in [3.05, 3.63) is 41.3 Å². The highest BCUT2D eigenvalue weighted by Crippen LogP contribution is 2.29. The van der Waals surface area contributed by atoms with Gasteiger partial charge in [0.05, 0.1) is 23.3 Å². The minimum atomic E-state index is -3.29. The number of anilines is 1. The third kappa shape index (κ3) is 4.84. The second kappa shape index (κ2) is 9.26. The summed E-state index contributed by atoms with van der Waals surface area (Å²) >= 11 is 0. The smallest absolute Gasteiger partial charge is 0.178 e. The first kappa shape index (κ1) is 23.1. The lowest BCUT2D eigenvalue weighted by Crippen LogP contribution is -2.09. The van der Waals surface area contributed by atoms with Crippen LogP contribution in [0.15, 0.2) is 29.2 Å². The number of pyridine rings is 1. The third-order valence-electron chi connectivity index (χ3n) is 5.66. The maximum absolute atomic E-state index is 12.6. The molecular formula is C23H32N4O3S. The summed E-state index contributed by atoms with van der Waals surface area (Å²) in [6.45, 7) is 9.02. The fourth-order valence-electron chi connectivity index (χ4n) is 3.82. The van der Waals surface area contributed by atoms with Crippen LogP contribution in [0.2, 0.25) is 0 Å². The molecule has 0 amide bonds. The van der Waals surface area contributed by atoms with Gasteiger partial charge >= 0.3 is 0 Å². The van der Waals surface area contributed by atoms with Crippen LogP contribution >= 0.6 is 0 Å². The first-order chi connectivity index (χ1) is 14.7. The molecule has 2 N–H and O–H groups in total. The van der Waals surface area contributed by atoms with Crippen LogP contribution in [0.25, 0.3) is 11.0 Å². The van der Waals surface area contributed by atoms with Crippen molar-refractivity contribution < 1.29 is 13.2 Å². The molecule has 3 aromatic rings. The molecule has 0 bridgehead atoms. The maximum Gasteiger partial charge on any atom is 0.178 e. The largest absolute Gasteiger partial charge is 0.497 e. The lowest BCUT2D eigenvalue weighted by atomic mass is 10.1. The van der Waals surface area contributed by atoms with E-state index in [0.29, 0.717) is 22.9 Å². The minimum absolute atomic E-state index is 0.135. The van der Waals surface area contributed by atoms with Crippen LogP contribution in [-0.2, 0) is 16.4 Å². The van der Waals surface area contributed by atoms with Gasteiger partial charge < -0.3 is 15.0 Å². The molecule has 0 saturated heterocycles. The summed E-state index contributed by atoms with van der Waals surface area (Å²) in [5, 5.41) is 0. The maximum atomic E-state index is 12.6. The van der Waals surface area contributed by atoms with Gasteiger partial charge in [-0.15, -0.1) is 0 Å². The molecule has 7 nitrogen and oxygen atoms in total. The number of aryl methyl sites for hydroxylation is 3. The Hall–Kier alpha value is -2.61. The van der Waals surface area contributed by atoms with E-state index in [9.17, 15) is 8.42 Å². The van der Waals surface area contributed by atoms with E-state index in [-0.39, 0.29) is 11.7 Å². The van der Waals surface area contributed by atoms with E-state index in [1.807, 2.05) is 13.8 Å². The summed E-state index contributed by atoms with van der Waals surface area (Å²) in [7, 11) is -1.73. The van der Waals surface area contributed by atoms with Crippen molar-refractivity contribution in [2.24, 2.45) is 0 Å². The van der Waals surface area contributed by atoms with Crippen LogP contribution in [-0.4, -0.2) is 35.8 Å². The van der Waals surface area contributed by atoms with Crippen LogP contribution in [0.3, 0.4) is 0 Å². The van der Waals surface area contributed by atoms with Gasteiger partial charge in [0.1, 0.15) is 17.1 Å². The van der Waals surface area contributed by atoms with E-state index in [1.54, 1.807) is 31.4 Å². The van der Waals surface area contributed by atoms with E-state index >= 15 is 0 Å². The van der Waals surface area contributed by atoms with Crippen molar-refractivity contribution in [1.82, 2.24) is 14.5 Å². The van der Waals surface area contributed by atoms with Gasteiger partial charge in [-0.2, -0.15) is 0 Å². The van der Waals surface area contributed by atoms with Crippen molar-refractivity contribution in [3.8, 4) is 5.75 Å². The lowest BCUT2D eigenvalue weighted by molar-refractivity contribution is 0.414. The average Bonchev–Trinajstić information content (AvgIpc) is 3.12. The molecule has 1 aromatic carbocycles. The Morgan fingerprint density at radius 2 is 1.74 bits per heavy atom.